The summed E-state index contributed by atoms with van der Waals surface area (Å²) in [5.41, 5.74) is 1.58. The van der Waals surface area contributed by atoms with E-state index >= 15 is 0 Å². The second-order valence-corrected chi connectivity index (χ2v) is 10.1. The standard InChI is InChI=1S/C21H20BrN3O2S2/c1-13-2-7-18(29-13)17-12-28-21(23-17)24-19(26)14-8-10-25(11-9-14)20(27)15-3-5-16(22)6-4-15/h2-7,12,14H,8-11H2,1H3,(H,23,24,26). The van der Waals surface area contributed by atoms with Crippen LogP contribution in [0.5, 0.6) is 0 Å². The Labute approximate surface area is 185 Å². The molecule has 150 valence electrons. The summed E-state index contributed by atoms with van der Waals surface area (Å²) < 4.78 is 0.948. The van der Waals surface area contributed by atoms with Gasteiger partial charge in [0.2, 0.25) is 5.91 Å². The molecule has 5 nitrogen and oxygen atoms in total. The van der Waals surface area contributed by atoms with Crippen LogP contribution in [0.4, 0.5) is 5.13 Å². The first-order valence-electron chi connectivity index (χ1n) is 9.37. The van der Waals surface area contributed by atoms with E-state index in [0.717, 1.165) is 15.0 Å². The molecule has 0 saturated carbocycles. The molecule has 1 aliphatic rings. The molecular weight excluding hydrogens is 470 g/mol. The van der Waals surface area contributed by atoms with Gasteiger partial charge >= 0.3 is 0 Å². The smallest absolute Gasteiger partial charge is 0.253 e. The van der Waals surface area contributed by atoms with Crippen LogP contribution in [0.1, 0.15) is 28.1 Å². The number of hydrogen-bond acceptors (Lipinski definition) is 5. The second-order valence-electron chi connectivity index (χ2n) is 7.01. The summed E-state index contributed by atoms with van der Waals surface area (Å²) >= 11 is 6.52. The number of anilines is 1. The normalized spacial score (nSPS) is 14.8. The molecule has 2 amide bonds. The molecule has 0 radical (unpaired) electrons. The third kappa shape index (κ3) is 4.76. The van der Waals surface area contributed by atoms with Gasteiger partial charge in [0.1, 0.15) is 0 Å². The number of aryl methyl sites for hydroxylation is 1. The summed E-state index contributed by atoms with van der Waals surface area (Å²) in [4.78, 5) is 34.0. The van der Waals surface area contributed by atoms with Crippen molar-refractivity contribution in [3.05, 3.63) is 56.7 Å². The topological polar surface area (TPSA) is 62.3 Å². The fraction of sp³-hybridized carbons (Fsp3) is 0.286. The highest BCUT2D eigenvalue weighted by molar-refractivity contribution is 9.10. The first kappa shape index (κ1) is 20.3. The Kier molecular flexibility index (Phi) is 6.12. The predicted molar refractivity (Wildman–Crippen MR) is 122 cm³/mol. The summed E-state index contributed by atoms with van der Waals surface area (Å²) in [7, 11) is 0. The Morgan fingerprint density at radius 1 is 1.14 bits per heavy atom. The highest BCUT2D eigenvalue weighted by atomic mass is 79.9. The number of thiophene rings is 1. The molecule has 0 spiro atoms. The maximum absolute atomic E-state index is 12.7. The van der Waals surface area contributed by atoms with Gasteiger partial charge in [0.25, 0.3) is 5.91 Å². The van der Waals surface area contributed by atoms with Gasteiger partial charge in [0.05, 0.1) is 10.6 Å². The monoisotopic (exact) mass is 489 g/mol. The fourth-order valence-corrected chi connectivity index (χ4v) is 5.22. The SMILES string of the molecule is Cc1ccc(-c2csc(NC(=O)C3CCN(C(=O)c4ccc(Br)cc4)CC3)n2)s1. The summed E-state index contributed by atoms with van der Waals surface area (Å²) in [5, 5.41) is 5.56. The number of benzene rings is 1. The largest absolute Gasteiger partial charge is 0.339 e. The van der Waals surface area contributed by atoms with E-state index in [2.05, 4.69) is 45.3 Å². The lowest BCUT2D eigenvalue weighted by Gasteiger charge is -2.31. The summed E-state index contributed by atoms with van der Waals surface area (Å²) in [6.45, 7) is 3.24. The van der Waals surface area contributed by atoms with Crippen LogP contribution >= 0.6 is 38.6 Å². The van der Waals surface area contributed by atoms with Gasteiger partial charge in [-0.2, -0.15) is 0 Å². The quantitative estimate of drug-likeness (QED) is 0.530. The minimum absolute atomic E-state index is 0.0102. The van der Waals surface area contributed by atoms with E-state index in [1.54, 1.807) is 11.3 Å². The van der Waals surface area contributed by atoms with E-state index in [4.69, 9.17) is 0 Å². The Morgan fingerprint density at radius 3 is 2.52 bits per heavy atom. The molecule has 1 fully saturated rings. The maximum Gasteiger partial charge on any atom is 0.253 e. The molecule has 0 aliphatic carbocycles. The van der Waals surface area contributed by atoms with E-state index < -0.39 is 0 Å². The van der Waals surface area contributed by atoms with Gasteiger partial charge in [-0.05, 0) is 56.2 Å². The zero-order chi connectivity index (χ0) is 20.4. The molecule has 0 atom stereocenters. The van der Waals surface area contributed by atoms with E-state index in [1.807, 2.05) is 34.5 Å². The Bertz CT molecular complexity index is 1020. The third-order valence-corrected chi connectivity index (χ3v) is 7.28. The number of nitrogens with one attached hydrogen (secondary N) is 1. The molecule has 3 aromatic rings. The van der Waals surface area contributed by atoms with Gasteiger partial charge in [0, 0.05) is 39.3 Å². The number of piperidine rings is 1. The van der Waals surface area contributed by atoms with E-state index in [1.165, 1.54) is 16.2 Å². The highest BCUT2D eigenvalue weighted by Gasteiger charge is 2.28. The van der Waals surface area contributed by atoms with Gasteiger partial charge in [-0.15, -0.1) is 22.7 Å². The lowest BCUT2D eigenvalue weighted by molar-refractivity contribution is -0.121. The van der Waals surface area contributed by atoms with Crippen LogP contribution in [0.2, 0.25) is 0 Å². The number of rotatable bonds is 4. The van der Waals surface area contributed by atoms with Crippen LogP contribution in [0.15, 0.2) is 46.3 Å². The Hall–Kier alpha value is -2.03. The predicted octanol–water partition coefficient (Wildman–Crippen LogP) is 5.43. The van der Waals surface area contributed by atoms with Crippen molar-refractivity contribution in [1.29, 1.82) is 0 Å². The maximum atomic E-state index is 12.7. The summed E-state index contributed by atoms with van der Waals surface area (Å²) in [6, 6.07) is 11.5. The lowest BCUT2D eigenvalue weighted by atomic mass is 9.95. The van der Waals surface area contributed by atoms with Crippen molar-refractivity contribution in [2.24, 2.45) is 5.92 Å². The number of aromatic nitrogens is 1. The van der Waals surface area contributed by atoms with Crippen LogP contribution in [0, 0.1) is 12.8 Å². The van der Waals surface area contributed by atoms with Gasteiger partial charge < -0.3 is 10.2 Å². The van der Waals surface area contributed by atoms with Gasteiger partial charge in [-0.3, -0.25) is 9.59 Å². The molecule has 1 N–H and O–H groups in total. The zero-order valence-corrected chi connectivity index (χ0v) is 19.1. The molecule has 1 aromatic carbocycles. The third-order valence-electron chi connectivity index (χ3n) is 4.97. The first-order chi connectivity index (χ1) is 14.0. The summed E-state index contributed by atoms with van der Waals surface area (Å²) in [6.07, 6.45) is 1.33. The number of carbonyl (C=O) groups excluding carboxylic acids is 2. The molecule has 1 saturated heterocycles. The van der Waals surface area contributed by atoms with E-state index in [0.29, 0.717) is 36.6 Å². The average Bonchev–Trinajstić information content (AvgIpc) is 3.37. The van der Waals surface area contributed by atoms with Crippen molar-refractivity contribution in [2.75, 3.05) is 18.4 Å². The molecule has 0 bridgehead atoms. The minimum Gasteiger partial charge on any atom is -0.339 e. The minimum atomic E-state index is -0.0969. The molecule has 3 heterocycles. The number of carbonyl (C=O) groups is 2. The average molecular weight is 490 g/mol. The van der Waals surface area contributed by atoms with Crippen molar-refractivity contribution in [3.63, 3.8) is 0 Å². The Balaban J connectivity index is 1.32. The first-order valence-corrected chi connectivity index (χ1v) is 11.9. The molecule has 0 unspecified atom stereocenters. The van der Waals surface area contributed by atoms with Crippen LogP contribution < -0.4 is 5.32 Å². The van der Waals surface area contributed by atoms with Crippen LogP contribution in [-0.4, -0.2) is 34.8 Å². The van der Waals surface area contributed by atoms with Crippen molar-refractivity contribution in [3.8, 4) is 10.6 Å². The second kappa shape index (κ2) is 8.77. The number of nitrogens with zero attached hydrogens (tertiary/aromatic N) is 2. The van der Waals surface area contributed by atoms with Gasteiger partial charge in [-0.1, -0.05) is 15.9 Å². The van der Waals surface area contributed by atoms with Gasteiger partial charge in [0.15, 0.2) is 5.13 Å². The van der Waals surface area contributed by atoms with E-state index in [9.17, 15) is 9.59 Å². The summed E-state index contributed by atoms with van der Waals surface area (Å²) in [5.74, 6) is -0.0866. The molecule has 29 heavy (non-hydrogen) atoms. The molecule has 4 rings (SSSR count). The number of likely N-dealkylation sites (tertiary alicyclic amines) is 1. The Morgan fingerprint density at radius 2 is 1.86 bits per heavy atom. The van der Waals surface area contributed by atoms with Crippen LogP contribution in [0.25, 0.3) is 10.6 Å². The highest BCUT2D eigenvalue weighted by Crippen LogP contribution is 2.31. The molecular formula is C21H20BrN3O2S2. The van der Waals surface area contributed by atoms with Crippen LogP contribution in [0.3, 0.4) is 0 Å². The number of amides is 2. The van der Waals surface area contributed by atoms with Crippen molar-refractivity contribution >= 4 is 55.5 Å². The lowest BCUT2D eigenvalue weighted by Crippen LogP contribution is -2.41. The van der Waals surface area contributed by atoms with E-state index in [-0.39, 0.29) is 17.7 Å². The number of halogens is 1. The molecule has 2 aromatic heterocycles. The fourth-order valence-electron chi connectivity index (χ4n) is 3.34. The zero-order valence-electron chi connectivity index (χ0n) is 15.9. The number of thiazole rings is 1. The molecule has 8 heteroatoms. The van der Waals surface area contributed by atoms with Crippen LogP contribution in [-0.2, 0) is 4.79 Å². The molecule has 1 aliphatic heterocycles. The van der Waals surface area contributed by atoms with Gasteiger partial charge in [-0.25, -0.2) is 4.98 Å². The van der Waals surface area contributed by atoms with Crippen molar-refractivity contribution < 1.29 is 9.59 Å². The number of hydrogen-bond donors (Lipinski definition) is 1. The van der Waals surface area contributed by atoms with Crippen molar-refractivity contribution in [2.45, 2.75) is 19.8 Å². The van der Waals surface area contributed by atoms with Crippen molar-refractivity contribution in [1.82, 2.24) is 9.88 Å².